The van der Waals surface area contributed by atoms with Crippen LogP contribution in [-0.2, 0) is 17.9 Å². The van der Waals surface area contributed by atoms with Crippen molar-refractivity contribution in [1.82, 2.24) is 4.90 Å². The van der Waals surface area contributed by atoms with Gasteiger partial charge in [-0.25, -0.2) is 0 Å². The summed E-state index contributed by atoms with van der Waals surface area (Å²) in [5, 5.41) is 12.1. The molecule has 0 saturated heterocycles. The predicted octanol–water partition coefficient (Wildman–Crippen LogP) is 4.03. The normalized spacial score (nSPS) is 11.7. The zero-order valence-corrected chi connectivity index (χ0v) is 16.0. The maximum absolute atomic E-state index is 13.2. The number of benzene rings is 2. The number of hydrogen-bond donors (Lipinski definition) is 0. The van der Waals surface area contributed by atoms with E-state index in [4.69, 9.17) is 0 Å². The maximum atomic E-state index is 13.2. The summed E-state index contributed by atoms with van der Waals surface area (Å²) in [5.41, 5.74) is 2.16. The molecule has 0 spiro atoms. The second-order valence-electron chi connectivity index (χ2n) is 6.29. The van der Waals surface area contributed by atoms with E-state index in [0.717, 1.165) is 15.9 Å². The van der Waals surface area contributed by atoms with Crippen LogP contribution in [0.5, 0.6) is 0 Å². The second-order valence-corrected chi connectivity index (χ2v) is 7.65. The van der Waals surface area contributed by atoms with Crippen molar-refractivity contribution in [2.24, 2.45) is 0 Å². The van der Waals surface area contributed by atoms with Gasteiger partial charge in [0.1, 0.15) is 0 Å². The number of pyridine rings is 1. The van der Waals surface area contributed by atoms with E-state index in [-0.39, 0.29) is 11.2 Å². The third-order valence-corrected chi connectivity index (χ3v) is 5.29. The Morgan fingerprint density at radius 2 is 1.44 bits per heavy atom. The average molecular weight is 378 g/mol. The molecule has 0 aliphatic carbocycles. The molecule has 27 heavy (non-hydrogen) atoms. The maximum Gasteiger partial charge on any atom is 0.252 e. The molecule has 4 nitrogen and oxygen atoms in total. The summed E-state index contributed by atoms with van der Waals surface area (Å²) < 4.78 is 0.799. The van der Waals surface area contributed by atoms with Crippen LogP contribution in [0.3, 0.4) is 0 Å². The van der Waals surface area contributed by atoms with Crippen LogP contribution < -0.4 is 4.73 Å². The molecular weight excluding hydrogens is 356 g/mol. The summed E-state index contributed by atoms with van der Waals surface area (Å²) in [6.07, 6.45) is 1.45. The van der Waals surface area contributed by atoms with Crippen LogP contribution in [0.2, 0.25) is 0 Å². The van der Waals surface area contributed by atoms with E-state index < -0.39 is 0 Å². The first-order chi connectivity index (χ1) is 13.1. The highest BCUT2D eigenvalue weighted by atomic mass is 32.2. The van der Waals surface area contributed by atoms with Crippen LogP contribution in [-0.4, -0.2) is 16.1 Å². The molecule has 1 amide bonds. The molecule has 1 unspecified atom stereocenters. The van der Waals surface area contributed by atoms with E-state index in [1.165, 1.54) is 18.0 Å². The Morgan fingerprint density at radius 3 is 1.96 bits per heavy atom. The molecule has 0 N–H and O–H groups in total. The molecule has 2 aromatic carbocycles. The number of carbonyl (C=O) groups is 1. The van der Waals surface area contributed by atoms with Gasteiger partial charge in [0.25, 0.3) is 5.03 Å². The van der Waals surface area contributed by atoms with Crippen LogP contribution in [0.1, 0.15) is 18.1 Å². The highest BCUT2D eigenvalue weighted by molar-refractivity contribution is 8.00. The van der Waals surface area contributed by atoms with Gasteiger partial charge < -0.3 is 10.1 Å². The smallest absolute Gasteiger partial charge is 0.252 e. The van der Waals surface area contributed by atoms with Gasteiger partial charge in [-0.05, 0) is 35.9 Å². The SMILES string of the molecule is CC(Sc1cccc[n+]1[O-])C(=O)N(Cc1ccccc1)Cc1ccccc1. The standard InChI is InChI=1S/C22H22N2O2S/c1-18(27-21-14-8-9-15-24(21)26)22(25)23(16-19-10-4-2-5-11-19)17-20-12-6-3-7-13-20/h2-15,18H,16-17H2,1H3. The summed E-state index contributed by atoms with van der Waals surface area (Å²) in [4.78, 5) is 15.0. The summed E-state index contributed by atoms with van der Waals surface area (Å²) >= 11 is 1.29. The lowest BCUT2D eigenvalue weighted by Gasteiger charge is -2.25. The summed E-state index contributed by atoms with van der Waals surface area (Å²) in [5.74, 6) is 0.0107. The summed E-state index contributed by atoms with van der Waals surface area (Å²) in [7, 11) is 0. The fourth-order valence-corrected chi connectivity index (χ4v) is 3.75. The van der Waals surface area contributed by atoms with Crippen molar-refractivity contribution >= 4 is 17.7 Å². The zero-order chi connectivity index (χ0) is 19.1. The Kier molecular flexibility index (Phi) is 6.49. The first-order valence-electron chi connectivity index (χ1n) is 8.85. The zero-order valence-electron chi connectivity index (χ0n) is 15.2. The molecule has 1 heterocycles. The fourth-order valence-electron chi connectivity index (χ4n) is 2.81. The van der Waals surface area contributed by atoms with Crippen molar-refractivity contribution in [3.8, 4) is 0 Å². The van der Waals surface area contributed by atoms with Crippen molar-refractivity contribution in [2.75, 3.05) is 0 Å². The highest BCUT2D eigenvalue weighted by Crippen LogP contribution is 2.23. The number of aromatic nitrogens is 1. The molecule has 138 valence electrons. The molecule has 0 aliphatic heterocycles. The highest BCUT2D eigenvalue weighted by Gasteiger charge is 2.24. The van der Waals surface area contributed by atoms with Gasteiger partial charge in [-0.3, -0.25) is 4.79 Å². The number of amides is 1. The molecule has 3 aromatic rings. The van der Waals surface area contributed by atoms with Gasteiger partial charge in [0.15, 0.2) is 6.20 Å². The average Bonchev–Trinajstić information content (AvgIpc) is 2.70. The largest absolute Gasteiger partial charge is 0.618 e. The predicted molar refractivity (Wildman–Crippen MR) is 108 cm³/mol. The number of rotatable bonds is 7. The third-order valence-electron chi connectivity index (χ3n) is 4.18. The fraction of sp³-hybridized carbons (Fsp3) is 0.182. The molecule has 0 aliphatic rings. The van der Waals surface area contributed by atoms with Crippen molar-refractivity contribution < 1.29 is 9.52 Å². The Bertz CT molecular complexity index is 830. The number of hydrogen-bond acceptors (Lipinski definition) is 3. The minimum atomic E-state index is -0.361. The van der Waals surface area contributed by atoms with E-state index in [9.17, 15) is 10.0 Å². The lowest BCUT2D eigenvalue weighted by molar-refractivity contribution is -0.645. The lowest BCUT2D eigenvalue weighted by Crippen LogP contribution is -2.37. The van der Waals surface area contributed by atoms with Crippen molar-refractivity contribution in [1.29, 1.82) is 0 Å². The second kappa shape index (κ2) is 9.24. The van der Waals surface area contributed by atoms with Crippen LogP contribution in [0.4, 0.5) is 0 Å². The number of nitrogens with zero attached hydrogens (tertiary/aromatic N) is 2. The molecule has 0 fully saturated rings. The van der Waals surface area contributed by atoms with E-state index in [1.54, 1.807) is 18.2 Å². The Hall–Kier alpha value is -2.79. The molecule has 0 radical (unpaired) electrons. The lowest BCUT2D eigenvalue weighted by atomic mass is 10.1. The molecule has 5 heteroatoms. The molecule has 1 atom stereocenters. The monoisotopic (exact) mass is 378 g/mol. The van der Waals surface area contributed by atoms with Crippen molar-refractivity contribution in [2.45, 2.75) is 30.3 Å². The molecule has 1 aromatic heterocycles. The van der Waals surface area contributed by atoms with Gasteiger partial charge in [-0.15, -0.1) is 0 Å². The Morgan fingerprint density at radius 1 is 0.926 bits per heavy atom. The van der Waals surface area contributed by atoms with Crippen molar-refractivity contribution in [3.63, 3.8) is 0 Å². The minimum absolute atomic E-state index is 0.0107. The van der Waals surface area contributed by atoms with E-state index in [1.807, 2.05) is 72.5 Å². The molecule has 0 saturated carbocycles. The van der Waals surface area contributed by atoms with E-state index in [2.05, 4.69) is 0 Å². The number of thioether (sulfide) groups is 1. The number of carbonyl (C=O) groups excluding carboxylic acids is 1. The van der Waals surface area contributed by atoms with Crippen LogP contribution in [0, 0.1) is 5.21 Å². The molecular formula is C22H22N2O2S. The summed E-state index contributed by atoms with van der Waals surface area (Å²) in [6.45, 7) is 2.92. The first kappa shape index (κ1) is 19.0. The van der Waals surface area contributed by atoms with E-state index in [0.29, 0.717) is 18.1 Å². The van der Waals surface area contributed by atoms with Gasteiger partial charge in [0.2, 0.25) is 5.91 Å². The summed E-state index contributed by atoms with van der Waals surface area (Å²) in [6, 6.07) is 25.1. The quantitative estimate of drug-likeness (QED) is 0.354. The van der Waals surface area contributed by atoms with Gasteiger partial charge in [-0.2, -0.15) is 4.73 Å². The third kappa shape index (κ3) is 5.34. The first-order valence-corrected chi connectivity index (χ1v) is 9.73. The van der Waals surface area contributed by atoms with Gasteiger partial charge in [-0.1, -0.05) is 60.7 Å². The van der Waals surface area contributed by atoms with Crippen LogP contribution >= 0.6 is 11.8 Å². The van der Waals surface area contributed by atoms with Crippen molar-refractivity contribution in [3.05, 3.63) is 101 Å². The topological polar surface area (TPSA) is 47.2 Å². The van der Waals surface area contributed by atoms with Crippen LogP contribution in [0.15, 0.2) is 90.1 Å². The van der Waals surface area contributed by atoms with Gasteiger partial charge >= 0.3 is 0 Å². The van der Waals surface area contributed by atoms with Crippen LogP contribution in [0.25, 0.3) is 0 Å². The Labute approximate surface area is 164 Å². The van der Waals surface area contributed by atoms with E-state index >= 15 is 0 Å². The Balaban J connectivity index is 1.77. The molecule has 0 bridgehead atoms. The van der Waals surface area contributed by atoms with Gasteiger partial charge in [0.05, 0.1) is 5.25 Å². The van der Waals surface area contributed by atoms with Gasteiger partial charge in [0, 0.05) is 25.2 Å². The minimum Gasteiger partial charge on any atom is -0.618 e. The molecule has 3 rings (SSSR count).